The Hall–Kier alpha value is -2.79. The number of aryl methyl sites for hydroxylation is 1. The Morgan fingerprint density at radius 2 is 1.89 bits per heavy atom. The number of benzene rings is 2. The van der Waals surface area contributed by atoms with E-state index in [0.717, 1.165) is 25.3 Å². The van der Waals surface area contributed by atoms with E-state index < -0.39 is 0 Å². The number of nitrogens with zero attached hydrogens (tertiary/aromatic N) is 2. The summed E-state index contributed by atoms with van der Waals surface area (Å²) in [6.45, 7) is 4.19. The van der Waals surface area contributed by atoms with Gasteiger partial charge < -0.3 is 14.6 Å². The lowest BCUT2D eigenvalue weighted by molar-refractivity contribution is -0.122. The SMILES string of the molecule is COc1ccc2c(c1)c(C[C@@H](C)NC(=O)CN1Cc3ccccc3C1)cn2C. The van der Waals surface area contributed by atoms with Crippen molar-refractivity contribution in [3.05, 3.63) is 65.4 Å². The fourth-order valence-electron chi connectivity index (χ4n) is 4.16. The molecule has 146 valence electrons. The van der Waals surface area contributed by atoms with Crippen molar-refractivity contribution in [2.24, 2.45) is 7.05 Å². The van der Waals surface area contributed by atoms with Gasteiger partial charge in [0.1, 0.15) is 5.75 Å². The summed E-state index contributed by atoms with van der Waals surface area (Å²) >= 11 is 0. The highest BCUT2D eigenvalue weighted by molar-refractivity contribution is 5.85. The summed E-state index contributed by atoms with van der Waals surface area (Å²) in [4.78, 5) is 14.7. The topological polar surface area (TPSA) is 46.5 Å². The second-order valence-electron chi connectivity index (χ2n) is 7.73. The first-order chi connectivity index (χ1) is 13.5. The predicted molar refractivity (Wildman–Crippen MR) is 111 cm³/mol. The van der Waals surface area contributed by atoms with Gasteiger partial charge in [-0.05, 0) is 48.2 Å². The molecule has 4 rings (SSSR count). The molecule has 28 heavy (non-hydrogen) atoms. The zero-order chi connectivity index (χ0) is 19.7. The quantitative estimate of drug-likeness (QED) is 0.717. The molecular formula is C23H27N3O2. The summed E-state index contributed by atoms with van der Waals surface area (Å²) in [6.07, 6.45) is 2.93. The first kappa shape index (κ1) is 18.6. The van der Waals surface area contributed by atoms with Crippen molar-refractivity contribution in [3.8, 4) is 5.75 Å². The van der Waals surface area contributed by atoms with Crippen LogP contribution in [0.25, 0.3) is 10.9 Å². The van der Waals surface area contributed by atoms with Crippen molar-refractivity contribution < 1.29 is 9.53 Å². The summed E-state index contributed by atoms with van der Waals surface area (Å²) in [5.41, 5.74) is 5.04. The van der Waals surface area contributed by atoms with Crippen LogP contribution in [0.15, 0.2) is 48.7 Å². The van der Waals surface area contributed by atoms with E-state index in [4.69, 9.17) is 4.74 Å². The first-order valence-electron chi connectivity index (χ1n) is 9.74. The molecule has 0 bridgehead atoms. The molecule has 0 saturated carbocycles. The van der Waals surface area contributed by atoms with E-state index in [1.165, 1.54) is 27.6 Å². The zero-order valence-corrected chi connectivity index (χ0v) is 16.7. The Kier molecular flexibility index (Phi) is 5.09. The van der Waals surface area contributed by atoms with Gasteiger partial charge in [-0.15, -0.1) is 0 Å². The molecule has 0 aliphatic carbocycles. The molecule has 1 aliphatic rings. The van der Waals surface area contributed by atoms with Gasteiger partial charge in [0.15, 0.2) is 0 Å². The van der Waals surface area contributed by atoms with Gasteiger partial charge in [0.25, 0.3) is 0 Å². The second-order valence-corrected chi connectivity index (χ2v) is 7.73. The summed E-state index contributed by atoms with van der Waals surface area (Å²) < 4.78 is 7.50. The molecule has 0 radical (unpaired) electrons. The monoisotopic (exact) mass is 377 g/mol. The molecule has 0 fully saturated rings. The van der Waals surface area contributed by atoms with Crippen LogP contribution in [-0.2, 0) is 31.4 Å². The van der Waals surface area contributed by atoms with Gasteiger partial charge in [0.05, 0.1) is 13.7 Å². The first-order valence-corrected chi connectivity index (χ1v) is 9.74. The molecule has 0 unspecified atom stereocenters. The molecule has 3 aromatic rings. The molecule has 1 amide bonds. The number of amides is 1. The zero-order valence-electron chi connectivity index (χ0n) is 16.7. The smallest absolute Gasteiger partial charge is 0.234 e. The lowest BCUT2D eigenvalue weighted by atomic mass is 10.1. The number of ether oxygens (including phenoxy) is 1. The molecule has 0 spiro atoms. The van der Waals surface area contributed by atoms with E-state index in [0.29, 0.717) is 6.54 Å². The molecule has 2 heterocycles. The van der Waals surface area contributed by atoms with Crippen molar-refractivity contribution in [2.75, 3.05) is 13.7 Å². The molecular weight excluding hydrogens is 350 g/mol. The van der Waals surface area contributed by atoms with E-state index in [1.807, 2.05) is 13.1 Å². The highest BCUT2D eigenvalue weighted by Crippen LogP contribution is 2.26. The maximum absolute atomic E-state index is 12.5. The van der Waals surface area contributed by atoms with Crippen LogP contribution in [0.5, 0.6) is 5.75 Å². The normalized spacial score (nSPS) is 14.8. The van der Waals surface area contributed by atoms with Crippen LogP contribution in [0.2, 0.25) is 0 Å². The summed E-state index contributed by atoms with van der Waals surface area (Å²) in [5, 5.41) is 4.34. The van der Waals surface area contributed by atoms with Crippen LogP contribution in [0.3, 0.4) is 0 Å². The van der Waals surface area contributed by atoms with Gasteiger partial charge in [-0.1, -0.05) is 24.3 Å². The molecule has 1 N–H and O–H groups in total. The number of rotatable bonds is 6. The molecule has 5 nitrogen and oxygen atoms in total. The summed E-state index contributed by atoms with van der Waals surface area (Å²) in [5.74, 6) is 0.934. The number of aromatic nitrogens is 1. The van der Waals surface area contributed by atoms with Crippen molar-refractivity contribution in [2.45, 2.75) is 32.5 Å². The van der Waals surface area contributed by atoms with Crippen molar-refractivity contribution >= 4 is 16.8 Å². The Morgan fingerprint density at radius 1 is 1.18 bits per heavy atom. The van der Waals surface area contributed by atoms with Gasteiger partial charge in [-0.2, -0.15) is 0 Å². The fourth-order valence-corrected chi connectivity index (χ4v) is 4.16. The van der Waals surface area contributed by atoms with Gasteiger partial charge in [-0.25, -0.2) is 0 Å². The summed E-state index contributed by atoms with van der Waals surface area (Å²) in [6, 6.07) is 14.6. The standard InChI is InChI=1S/C23H27N3O2/c1-16(10-19-12-25(2)22-9-8-20(28-3)11-21(19)22)24-23(27)15-26-13-17-6-4-5-7-18(17)14-26/h4-9,11-12,16H,10,13-15H2,1-3H3,(H,24,27)/t16-/m1/s1. The lowest BCUT2D eigenvalue weighted by Crippen LogP contribution is -2.40. The summed E-state index contributed by atoms with van der Waals surface area (Å²) in [7, 11) is 3.73. The number of methoxy groups -OCH3 is 1. The van der Waals surface area contributed by atoms with Gasteiger partial charge >= 0.3 is 0 Å². The largest absolute Gasteiger partial charge is 0.497 e. The van der Waals surface area contributed by atoms with Crippen LogP contribution in [0.1, 0.15) is 23.6 Å². The Labute approximate surface area is 165 Å². The minimum atomic E-state index is 0.0641. The van der Waals surface area contributed by atoms with E-state index in [2.05, 4.69) is 64.3 Å². The van der Waals surface area contributed by atoms with E-state index >= 15 is 0 Å². The van der Waals surface area contributed by atoms with Crippen molar-refractivity contribution in [1.82, 2.24) is 14.8 Å². The van der Waals surface area contributed by atoms with Crippen LogP contribution in [0.4, 0.5) is 0 Å². The molecule has 2 aromatic carbocycles. The Bertz CT molecular complexity index is 983. The predicted octanol–water partition coefficient (Wildman–Crippen LogP) is 3.25. The number of carbonyl (C=O) groups excluding carboxylic acids is 1. The van der Waals surface area contributed by atoms with E-state index in [9.17, 15) is 4.79 Å². The van der Waals surface area contributed by atoms with E-state index in [1.54, 1.807) is 7.11 Å². The number of hydrogen-bond donors (Lipinski definition) is 1. The fraction of sp³-hybridized carbons (Fsp3) is 0.348. The van der Waals surface area contributed by atoms with Crippen LogP contribution >= 0.6 is 0 Å². The third-order valence-corrected chi connectivity index (χ3v) is 5.49. The Balaban J connectivity index is 1.37. The lowest BCUT2D eigenvalue weighted by Gasteiger charge is -2.18. The van der Waals surface area contributed by atoms with Gasteiger partial charge in [-0.3, -0.25) is 9.69 Å². The molecule has 1 atom stereocenters. The van der Waals surface area contributed by atoms with Crippen LogP contribution < -0.4 is 10.1 Å². The average molecular weight is 377 g/mol. The maximum Gasteiger partial charge on any atom is 0.234 e. The van der Waals surface area contributed by atoms with Crippen molar-refractivity contribution in [1.29, 1.82) is 0 Å². The molecule has 5 heteroatoms. The van der Waals surface area contributed by atoms with Gasteiger partial charge in [0, 0.05) is 43.3 Å². The molecule has 1 aliphatic heterocycles. The third-order valence-electron chi connectivity index (χ3n) is 5.49. The highest BCUT2D eigenvalue weighted by atomic mass is 16.5. The molecule has 0 saturated heterocycles. The second kappa shape index (κ2) is 7.68. The molecule has 1 aromatic heterocycles. The van der Waals surface area contributed by atoms with Crippen LogP contribution in [0, 0.1) is 0 Å². The van der Waals surface area contributed by atoms with E-state index in [-0.39, 0.29) is 11.9 Å². The minimum absolute atomic E-state index is 0.0641. The maximum atomic E-state index is 12.5. The highest BCUT2D eigenvalue weighted by Gasteiger charge is 2.21. The number of carbonyl (C=O) groups is 1. The van der Waals surface area contributed by atoms with Crippen molar-refractivity contribution in [3.63, 3.8) is 0 Å². The Morgan fingerprint density at radius 3 is 2.57 bits per heavy atom. The van der Waals surface area contributed by atoms with Gasteiger partial charge in [0.2, 0.25) is 5.91 Å². The third kappa shape index (κ3) is 3.76. The number of fused-ring (bicyclic) bond motifs is 2. The number of nitrogens with one attached hydrogen (secondary N) is 1. The van der Waals surface area contributed by atoms with Crippen LogP contribution in [-0.4, -0.2) is 35.1 Å². The average Bonchev–Trinajstić information content (AvgIpc) is 3.21. The number of hydrogen-bond acceptors (Lipinski definition) is 3. The minimum Gasteiger partial charge on any atom is -0.497 e.